The number of aromatic nitrogens is 1. The highest BCUT2D eigenvalue weighted by Gasteiger charge is 2.21. The number of hydrogen-bond donors (Lipinski definition) is 1. The van der Waals surface area contributed by atoms with Gasteiger partial charge in [-0.05, 0) is 42.0 Å². The first kappa shape index (κ1) is 21.7. The Morgan fingerprint density at radius 3 is 2.22 bits per heavy atom. The Morgan fingerprint density at radius 1 is 0.938 bits per heavy atom. The molecular formula is C24H21N3O3S2. The summed E-state index contributed by atoms with van der Waals surface area (Å²) in [7, 11) is -2.23. The molecule has 0 fully saturated rings. The molecule has 1 amide bonds. The normalized spacial score (nSPS) is 11.2. The van der Waals surface area contributed by atoms with Crippen molar-refractivity contribution >= 4 is 38.1 Å². The number of rotatable bonds is 7. The van der Waals surface area contributed by atoms with Crippen molar-refractivity contribution in [3.8, 4) is 0 Å². The maximum Gasteiger partial charge on any atom is 0.264 e. The van der Waals surface area contributed by atoms with Crippen LogP contribution in [0.1, 0.15) is 20.8 Å². The zero-order chi connectivity index (χ0) is 22.6. The van der Waals surface area contributed by atoms with Crippen LogP contribution >= 0.6 is 11.3 Å². The van der Waals surface area contributed by atoms with Gasteiger partial charge in [-0.15, -0.1) is 11.3 Å². The fourth-order valence-electron chi connectivity index (χ4n) is 3.13. The Kier molecular flexibility index (Phi) is 6.34. The predicted octanol–water partition coefficient (Wildman–Crippen LogP) is 4.81. The summed E-state index contributed by atoms with van der Waals surface area (Å²) < 4.78 is 27.0. The molecule has 32 heavy (non-hydrogen) atoms. The van der Waals surface area contributed by atoms with Crippen LogP contribution in [0.15, 0.2) is 96.0 Å². The summed E-state index contributed by atoms with van der Waals surface area (Å²) in [4.78, 5) is 18.0. The van der Waals surface area contributed by atoms with E-state index < -0.39 is 10.0 Å². The fraction of sp³-hybridized carbons (Fsp3) is 0.0833. The predicted molar refractivity (Wildman–Crippen MR) is 128 cm³/mol. The molecule has 0 saturated heterocycles. The van der Waals surface area contributed by atoms with Crippen LogP contribution in [0, 0.1) is 0 Å². The number of benzene rings is 3. The van der Waals surface area contributed by atoms with Gasteiger partial charge in [-0.25, -0.2) is 13.4 Å². The summed E-state index contributed by atoms with van der Waals surface area (Å²) in [6.07, 6.45) is 2.50. The van der Waals surface area contributed by atoms with Crippen LogP contribution < -0.4 is 9.62 Å². The average molecular weight is 464 g/mol. The van der Waals surface area contributed by atoms with E-state index in [0.717, 1.165) is 11.3 Å². The highest BCUT2D eigenvalue weighted by molar-refractivity contribution is 7.92. The largest absolute Gasteiger partial charge is 0.298 e. The number of amides is 1. The van der Waals surface area contributed by atoms with E-state index >= 15 is 0 Å². The van der Waals surface area contributed by atoms with Crippen molar-refractivity contribution in [1.82, 2.24) is 4.98 Å². The zero-order valence-electron chi connectivity index (χ0n) is 17.3. The Labute approximate surface area is 191 Å². The summed E-state index contributed by atoms with van der Waals surface area (Å²) in [6, 6.07) is 24.7. The summed E-state index contributed by atoms with van der Waals surface area (Å²) in [6.45, 7) is 0. The first-order valence-electron chi connectivity index (χ1n) is 9.87. The van der Waals surface area contributed by atoms with Gasteiger partial charge in [0.15, 0.2) is 5.13 Å². The minimum atomic E-state index is -3.73. The molecule has 1 heterocycles. The Balaban J connectivity index is 1.43. The molecule has 4 aromatic rings. The molecule has 0 aliphatic heterocycles. The molecule has 8 heteroatoms. The summed E-state index contributed by atoms with van der Waals surface area (Å²) >= 11 is 1.41. The standard InChI is InChI=1S/C24H21N3O3S2/c1-27(20-10-6-3-7-11-20)32(29,30)22-14-12-19(13-15-22)23(28)26-24-25-17-21(31-24)16-18-8-4-2-5-9-18/h2-15,17H,16H2,1H3,(H,25,26,28). The minimum absolute atomic E-state index is 0.111. The van der Waals surface area contributed by atoms with Crippen LogP contribution in [0.2, 0.25) is 0 Å². The van der Waals surface area contributed by atoms with Gasteiger partial charge in [-0.2, -0.15) is 0 Å². The number of carbonyl (C=O) groups excluding carboxylic acids is 1. The molecular weight excluding hydrogens is 442 g/mol. The van der Waals surface area contributed by atoms with E-state index in [1.54, 1.807) is 30.5 Å². The van der Waals surface area contributed by atoms with Crippen LogP contribution in [0.5, 0.6) is 0 Å². The van der Waals surface area contributed by atoms with Crippen molar-refractivity contribution < 1.29 is 13.2 Å². The smallest absolute Gasteiger partial charge is 0.264 e. The molecule has 1 aromatic heterocycles. The van der Waals surface area contributed by atoms with Gasteiger partial charge in [-0.3, -0.25) is 14.4 Å². The summed E-state index contributed by atoms with van der Waals surface area (Å²) in [5.74, 6) is -0.342. The van der Waals surface area contributed by atoms with E-state index in [4.69, 9.17) is 0 Å². The summed E-state index contributed by atoms with van der Waals surface area (Å²) in [5.41, 5.74) is 2.09. The molecule has 0 saturated carbocycles. The van der Waals surface area contributed by atoms with Crippen molar-refractivity contribution in [3.63, 3.8) is 0 Å². The van der Waals surface area contributed by atoms with Gasteiger partial charge in [0.05, 0.1) is 10.6 Å². The van der Waals surface area contributed by atoms with Crippen LogP contribution in [0.4, 0.5) is 10.8 Å². The van der Waals surface area contributed by atoms with Crippen molar-refractivity contribution in [2.45, 2.75) is 11.3 Å². The third-order valence-electron chi connectivity index (χ3n) is 4.89. The van der Waals surface area contributed by atoms with Crippen molar-refractivity contribution in [3.05, 3.63) is 107 Å². The van der Waals surface area contributed by atoms with Gasteiger partial charge in [0.25, 0.3) is 15.9 Å². The number of carbonyl (C=O) groups is 1. The van der Waals surface area contributed by atoms with Crippen LogP contribution in [0.25, 0.3) is 0 Å². The van der Waals surface area contributed by atoms with Crippen molar-refractivity contribution in [2.24, 2.45) is 0 Å². The Bertz CT molecular complexity index is 1300. The molecule has 6 nitrogen and oxygen atoms in total. The molecule has 0 aliphatic carbocycles. The first-order valence-corrected chi connectivity index (χ1v) is 12.1. The van der Waals surface area contributed by atoms with Gasteiger partial charge < -0.3 is 0 Å². The van der Waals surface area contributed by atoms with E-state index in [-0.39, 0.29) is 10.8 Å². The topological polar surface area (TPSA) is 79.4 Å². The Hall–Kier alpha value is -3.49. The monoisotopic (exact) mass is 463 g/mol. The number of anilines is 2. The summed E-state index contributed by atoms with van der Waals surface area (Å²) in [5, 5.41) is 3.28. The molecule has 0 bridgehead atoms. The lowest BCUT2D eigenvalue weighted by Crippen LogP contribution is -2.26. The molecule has 0 unspecified atom stereocenters. The van der Waals surface area contributed by atoms with E-state index in [2.05, 4.69) is 10.3 Å². The van der Waals surface area contributed by atoms with Crippen molar-refractivity contribution in [1.29, 1.82) is 0 Å². The van der Waals surface area contributed by atoms with Crippen LogP contribution in [-0.4, -0.2) is 26.4 Å². The van der Waals surface area contributed by atoms with E-state index in [0.29, 0.717) is 16.4 Å². The van der Waals surface area contributed by atoms with Crippen LogP contribution in [-0.2, 0) is 16.4 Å². The van der Waals surface area contributed by atoms with E-state index in [9.17, 15) is 13.2 Å². The lowest BCUT2D eigenvalue weighted by molar-refractivity contribution is 0.102. The third-order valence-corrected chi connectivity index (χ3v) is 7.60. The second-order valence-electron chi connectivity index (χ2n) is 7.08. The number of nitrogens with zero attached hydrogens (tertiary/aromatic N) is 2. The Morgan fingerprint density at radius 2 is 1.56 bits per heavy atom. The zero-order valence-corrected chi connectivity index (χ0v) is 18.9. The SMILES string of the molecule is CN(c1ccccc1)S(=O)(=O)c1ccc(C(=O)Nc2ncc(Cc3ccccc3)s2)cc1. The number of sulfonamides is 1. The third kappa shape index (κ3) is 4.87. The quantitative estimate of drug-likeness (QED) is 0.427. The maximum absolute atomic E-state index is 12.9. The molecule has 162 valence electrons. The lowest BCUT2D eigenvalue weighted by atomic mass is 10.1. The highest BCUT2D eigenvalue weighted by Crippen LogP contribution is 2.24. The fourth-order valence-corrected chi connectivity index (χ4v) is 5.16. The van der Waals surface area contributed by atoms with Crippen LogP contribution in [0.3, 0.4) is 0 Å². The highest BCUT2D eigenvalue weighted by atomic mass is 32.2. The van der Waals surface area contributed by atoms with Gasteiger partial charge in [0.1, 0.15) is 0 Å². The molecule has 0 spiro atoms. The molecule has 0 aliphatic rings. The average Bonchev–Trinajstić information content (AvgIpc) is 3.26. The second kappa shape index (κ2) is 9.33. The lowest BCUT2D eigenvalue weighted by Gasteiger charge is -2.19. The molecule has 0 radical (unpaired) electrons. The van der Waals surface area contributed by atoms with E-state index in [1.165, 1.54) is 52.5 Å². The van der Waals surface area contributed by atoms with Gasteiger partial charge in [0.2, 0.25) is 0 Å². The number of para-hydroxylation sites is 1. The minimum Gasteiger partial charge on any atom is -0.298 e. The van der Waals surface area contributed by atoms with Gasteiger partial charge in [-0.1, -0.05) is 48.5 Å². The van der Waals surface area contributed by atoms with Crippen molar-refractivity contribution in [2.75, 3.05) is 16.7 Å². The molecule has 3 aromatic carbocycles. The maximum atomic E-state index is 12.9. The number of thiazole rings is 1. The van der Waals surface area contributed by atoms with Gasteiger partial charge >= 0.3 is 0 Å². The van der Waals surface area contributed by atoms with E-state index in [1.807, 2.05) is 36.4 Å². The first-order chi connectivity index (χ1) is 15.4. The number of nitrogens with one attached hydrogen (secondary N) is 1. The second-order valence-corrected chi connectivity index (χ2v) is 10.2. The molecule has 1 N–H and O–H groups in total. The van der Waals surface area contributed by atoms with Gasteiger partial charge in [0, 0.05) is 30.1 Å². The number of hydrogen-bond acceptors (Lipinski definition) is 5. The molecule has 4 rings (SSSR count). The molecule has 0 atom stereocenters.